The van der Waals surface area contributed by atoms with Crippen LogP contribution in [0.2, 0.25) is 0 Å². The van der Waals surface area contributed by atoms with Gasteiger partial charge >= 0.3 is 0 Å². The molecule has 0 spiro atoms. The first kappa shape index (κ1) is 15.5. The predicted molar refractivity (Wildman–Crippen MR) is 76.8 cm³/mol. The smallest absolute Gasteiger partial charge is 0.240 e. The molecule has 0 radical (unpaired) electrons. The van der Waals surface area contributed by atoms with Crippen LogP contribution in [0, 0.1) is 0 Å². The van der Waals surface area contributed by atoms with Crippen LogP contribution in [-0.4, -0.2) is 34.2 Å². The van der Waals surface area contributed by atoms with Crippen molar-refractivity contribution in [1.29, 1.82) is 0 Å². The van der Waals surface area contributed by atoms with Crippen LogP contribution in [-0.2, 0) is 14.8 Å². The molecule has 6 heteroatoms. The lowest BCUT2D eigenvalue weighted by Gasteiger charge is -2.25. The Hall–Kier alpha value is -1.56. The van der Waals surface area contributed by atoms with Gasteiger partial charge in [0.2, 0.25) is 15.9 Å². The second-order valence-electron chi connectivity index (χ2n) is 4.66. The molecule has 0 saturated heterocycles. The summed E-state index contributed by atoms with van der Waals surface area (Å²) in [4.78, 5) is 11.5. The Balaban J connectivity index is 3.30. The first-order chi connectivity index (χ1) is 8.77. The lowest BCUT2D eigenvalue weighted by atomic mass is 10.0. The van der Waals surface area contributed by atoms with E-state index in [1.54, 1.807) is 12.1 Å². The normalized spacial score (nSPS) is 11.4. The van der Waals surface area contributed by atoms with E-state index in [0.717, 1.165) is 16.1 Å². The highest BCUT2D eigenvalue weighted by atomic mass is 32.2. The number of amides is 1. The maximum Gasteiger partial charge on any atom is 0.240 e. The van der Waals surface area contributed by atoms with Crippen LogP contribution >= 0.6 is 0 Å². The zero-order valence-electron chi connectivity index (χ0n) is 11.7. The van der Waals surface area contributed by atoms with Gasteiger partial charge in [0, 0.05) is 7.05 Å². The van der Waals surface area contributed by atoms with Gasteiger partial charge in [-0.05, 0) is 17.5 Å². The Morgan fingerprint density at radius 1 is 1.32 bits per heavy atom. The summed E-state index contributed by atoms with van der Waals surface area (Å²) in [7, 11) is -2.02. The number of likely N-dealkylation sites (N-methyl/N-ethyl adjacent to an activating group) is 1. The quantitative estimate of drug-likeness (QED) is 0.887. The fraction of sp³-hybridized carbons (Fsp3) is 0.462. The first-order valence-corrected chi connectivity index (χ1v) is 7.89. The average molecular weight is 284 g/mol. The molecule has 106 valence electrons. The van der Waals surface area contributed by atoms with Crippen molar-refractivity contribution >= 4 is 21.6 Å². The van der Waals surface area contributed by atoms with Crippen LogP contribution in [0.1, 0.15) is 25.3 Å². The number of rotatable bonds is 5. The van der Waals surface area contributed by atoms with E-state index in [0.29, 0.717) is 5.69 Å². The summed E-state index contributed by atoms with van der Waals surface area (Å²) >= 11 is 0. The van der Waals surface area contributed by atoms with Gasteiger partial charge < -0.3 is 5.32 Å². The Morgan fingerprint density at radius 2 is 1.89 bits per heavy atom. The third-order valence-corrected chi connectivity index (χ3v) is 3.92. The third kappa shape index (κ3) is 3.96. The molecule has 1 amide bonds. The zero-order chi connectivity index (χ0) is 14.6. The molecule has 1 aromatic rings. The van der Waals surface area contributed by atoms with Crippen molar-refractivity contribution in [2.45, 2.75) is 19.8 Å². The molecule has 19 heavy (non-hydrogen) atoms. The molecule has 0 atom stereocenters. The van der Waals surface area contributed by atoms with Crippen LogP contribution in [0.4, 0.5) is 5.69 Å². The van der Waals surface area contributed by atoms with E-state index in [1.165, 1.54) is 7.05 Å². The maximum atomic E-state index is 11.9. The average Bonchev–Trinajstić information content (AvgIpc) is 2.34. The monoisotopic (exact) mass is 284 g/mol. The van der Waals surface area contributed by atoms with Gasteiger partial charge in [-0.3, -0.25) is 9.10 Å². The second kappa shape index (κ2) is 6.06. The number of carbonyl (C=O) groups is 1. The molecule has 0 aromatic heterocycles. The van der Waals surface area contributed by atoms with E-state index in [4.69, 9.17) is 0 Å². The number of anilines is 1. The molecule has 0 saturated carbocycles. The van der Waals surface area contributed by atoms with E-state index in [2.05, 4.69) is 5.32 Å². The van der Waals surface area contributed by atoms with E-state index >= 15 is 0 Å². The summed E-state index contributed by atoms with van der Waals surface area (Å²) in [6.07, 6.45) is 1.10. The minimum atomic E-state index is -3.51. The van der Waals surface area contributed by atoms with Crippen molar-refractivity contribution in [3.8, 4) is 0 Å². The van der Waals surface area contributed by atoms with Crippen LogP contribution in [0.5, 0.6) is 0 Å². The highest BCUT2D eigenvalue weighted by Gasteiger charge is 2.23. The second-order valence-corrected chi connectivity index (χ2v) is 6.56. The highest BCUT2D eigenvalue weighted by Crippen LogP contribution is 2.28. The lowest BCUT2D eigenvalue weighted by Crippen LogP contribution is -2.39. The molecule has 0 bridgehead atoms. The van der Waals surface area contributed by atoms with Crippen molar-refractivity contribution in [3.63, 3.8) is 0 Å². The topological polar surface area (TPSA) is 66.5 Å². The van der Waals surface area contributed by atoms with Gasteiger partial charge in [-0.1, -0.05) is 32.0 Å². The minimum Gasteiger partial charge on any atom is -0.358 e. The van der Waals surface area contributed by atoms with Gasteiger partial charge in [-0.15, -0.1) is 0 Å². The number of para-hydroxylation sites is 1. The van der Waals surface area contributed by atoms with E-state index < -0.39 is 10.0 Å². The number of sulfonamides is 1. The molecule has 0 aliphatic heterocycles. The number of hydrogen-bond acceptors (Lipinski definition) is 3. The molecule has 5 nitrogen and oxygen atoms in total. The van der Waals surface area contributed by atoms with Crippen molar-refractivity contribution in [3.05, 3.63) is 29.8 Å². The summed E-state index contributed by atoms with van der Waals surface area (Å²) in [6, 6.07) is 7.23. The molecule has 0 fully saturated rings. The fourth-order valence-electron chi connectivity index (χ4n) is 1.79. The molecular formula is C13H20N2O3S. The number of benzene rings is 1. The van der Waals surface area contributed by atoms with Gasteiger partial charge in [0.15, 0.2) is 0 Å². The Labute approximate surface area is 114 Å². The molecule has 1 N–H and O–H groups in total. The highest BCUT2D eigenvalue weighted by molar-refractivity contribution is 7.92. The van der Waals surface area contributed by atoms with Gasteiger partial charge in [-0.2, -0.15) is 0 Å². The number of nitrogens with zero attached hydrogens (tertiary/aromatic N) is 1. The summed E-state index contributed by atoms with van der Waals surface area (Å²) in [5.41, 5.74) is 1.46. The first-order valence-electron chi connectivity index (χ1n) is 6.04. The summed E-state index contributed by atoms with van der Waals surface area (Å²) in [6.45, 7) is 3.76. The summed E-state index contributed by atoms with van der Waals surface area (Å²) in [5, 5.41) is 2.44. The zero-order valence-corrected chi connectivity index (χ0v) is 12.5. The maximum absolute atomic E-state index is 11.9. The molecule has 0 aliphatic rings. The molecule has 1 rings (SSSR count). The van der Waals surface area contributed by atoms with Crippen LogP contribution in [0.25, 0.3) is 0 Å². The van der Waals surface area contributed by atoms with Crippen molar-refractivity contribution in [1.82, 2.24) is 5.32 Å². The van der Waals surface area contributed by atoms with Gasteiger partial charge in [0.1, 0.15) is 6.54 Å². The predicted octanol–water partition coefficient (Wildman–Crippen LogP) is 1.32. The lowest BCUT2D eigenvalue weighted by molar-refractivity contribution is -0.119. The standard InChI is InChI=1S/C13H20N2O3S/c1-10(2)11-7-5-6-8-12(11)15(19(4,17)18)9-13(16)14-3/h5-8,10H,9H2,1-4H3,(H,14,16). The molecule has 0 heterocycles. The molecular weight excluding hydrogens is 264 g/mol. The Morgan fingerprint density at radius 3 is 2.37 bits per heavy atom. The van der Waals surface area contributed by atoms with Gasteiger partial charge in [-0.25, -0.2) is 8.42 Å². The van der Waals surface area contributed by atoms with E-state index in [1.807, 2.05) is 26.0 Å². The molecule has 0 aliphatic carbocycles. The summed E-state index contributed by atoms with van der Waals surface area (Å²) in [5.74, 6) is -0.172. The van der Waals surface area contributed by atoms with Gasteiger partial charge in [0.05, 0.1) is 11.9 Å². The number of carbonyl (C=O) groups excluding carboxylic acids is 1. The molecule has 0 unspecified atom stereocenters. The van der Waals surface area contributed by atoms with Crippen molar-refractivity contribution in [2.24, 2.45) is 0 Å². The fourth-order valence-corrected chi connectivity index (χ4v) is 2.67. The number of nitrogens with one attached hydrogen (secondary N) is 1. The van der Waals surface area contributed by atoms with Crippen molar-refractivity contribution in [2.75, 3.05) is 24.2 Å². The summed E-state index contributed by atoms with van der Waals surface area (Å²) < 4.78 is 24.9. The van der Waals surface area contributed by atoms with Gasteiger partial charge in [0.25, 0.3) is 0 Å². The largest absolute Gasteiger partial charge is 0.358 e. The van der Waals surface area contributed by atoms with E-state index in [-0.39, 0.29) is 18.4 Å². The molecule has 1 aromatic carbocycles. The number of hydrogen-bond donors (Lipinski definition) is 1. The van der Waals surface area contributed by atoms with Crippen LogP contribution < -0.4 is 9.62 Å². The van der Waals surface area contributed by atoms with Crippen molar-refractivity contribution < 1.29 is 13.2 Å². The van der Waals surface area contributed by atoms with Crippen LogP contribution in [0.15, 0.2) is 24.3 Å². The van der Waals surface area contributed by atoms with E-state index in [9.17, 15) is 13.2 Å². The SMILES string of the molecule is CNC(=O)CN(c1ccccc1C(C)C)S(C)(=O)=O. The Kier molecular flexibility index (Phi) is 4.94. The third-order valence-electron chi connectivity index (χ3n) is 2.79. The van der Waals surface area contributed by atoms with Crippen LogP contribution in [0.3, 0.4) is 0 Å². The minimum absolute atomic E-state index is 0.171. The Bertz CT molecular complexity index is 553.